The van der Waals surface area contributed by atoms with Crippen LogP contribution in [0.5, 0.6) is 5.75 Å². The molecule has 0 aliphatic carbocycles. The van der Waals surface area contributed by atoms with E-state index in [1.807, 2.05) is 75.4 Å². The van der Waals surface area contributed by atoms with Gasteiger partial charge in [-0.15, -0.1) is 0 Å². The Balaban J connectivity index is 1.42. The summed E-state index contributed by atoms with van der Waals surface area (Å²) in [5.74, 6) is 1.18. The topological polar surface area (TPSA) is 64.4 Å². The van der Waals surface area contributed by atoms with Crippen LogP contribution in [-0.4, -0.2) is 17.0 Å². The molecule has 30 heavy (non-hydrogen) atoms. The van der Waals surface area contributed by atoms with Crippen molar-refractivity contribution < 1.29 is 13.9 Å². The van der Waals surface area contributed by atoms with E-state index in [0.29, 0.717) is 23.6 Å². The quantitative estimate of drug-likeness (QED) is 0.446. The van der Waals surface area contributed by atoms with Crippen molar-refractivity contribution in [1.82, 2.24) is 4.98 Å². The van der Waals surface area contributed by atoms with Crippen molar-refractivity contribution in [2.75, 3.05) is 5.32 Å². The van der Waals surface area contributed by atoms with Crippen LogP contribution in [0.15, 0.2) is 71.1 Å². The summed E-state index contributed by atoms with van der Waals surface area (Å²) < 4.78 is 11.5. The lowest BCUT2D eigenvalue weighted by atomic mass is 10.1. The molecule has 1 amide bonds. The van der Waals surface area contributed by atoms with Crippen LogP contribution in [0.1, 0.15) is 41.2 Å². The molecule has 0 unspecified atom stereocenters. The second-order valence-corrected chi connectivity index (χ2v) is 7.60. The van der Waals surface area contributed by atoms with Crippen LogP contribution < -0.4 is 10.1 Å². The first-order valence-electron chi connectivity index (χ1n) is 9.99. The van der Waals surface area contributed by atoms with Crippen LogP contribution in [0.4, 0.5) is 5.69 Å². The maximum absolute atomic E-state index is 12.6. The first kappa shape index (κ1) is 19.7. The predicted octanol–water partition coefficient (Wildman–Crippen LogP) is 5.77. The van der Waals surface area contributed by atoms with E-state index in [0.717, 1.165) is 27.9 Å². The van der Waals surface area contributed by atoms with Crippen LogP contribution in [0.25, 0.3) is 11.1 Å². The fourth-order valence-corrected chi connectivity index (χ4v) is 3.23. The van der Waals surface area contributed by atoms with Gasteiger partial charge >= 0.3 is 0 Å². The van der Waals surface area contributed by atoms with Crippen molar-refractivity contribution in [2.24, 2.45) is 0 Å². The molecule has 0 aliphatic rings. The molecule has 0 fully saturated rings. The number of benzene rings is 3. The van der Waals surface area contributed by atoms with E-state index in [-0.39, 0.29) is 12.0 Å². The molecular formula is C25H24N2O3. The maximum Gasteiger partial charge on any atom is 0.255 e. The predicted molar refractivity (Wildman–Crippen MR) is 118 cm³/mol. The number of amides is 1. The number of aromatic nitrogens is 1. The van der Waals surface area contributed by atoms with E-state index in [1.54, 1.807) is 12.1 Å². The number of aryl methyl sites for hydroxylation is 1. The molecule has 5 nitrogen and oxygen atoms in total. The number of nitrogens with zero attached hydrogens (tertiary/aromatic N) is 1. The van der Waals surface area contributed by atoms with E-state index < -0.39 is 0 Å². The molecule has 1 N–H and O–H groups in total. The van der Waals surface area contributed by atoms with E-state index in [2.05, 4.69) is 10.3 Å². The zero-order valence-corrected chi connectivity index (χ0v) is 17.3. The molecule has 0 bridgehead atoms. The van der Waals surface area contributed by atoms with Crippen molar-refractivity contribution in [2.45, 2.75) is 33.3 Å². The Kier molecular flexibility index (Phi) is 5.53. The third-order valence-electron chi connectivity index (χ3n) is 4.62. The van der Waals surface area contributed by atoms with Gasteiger partial charge < -0.3 is 14.5 Å². The molecular weight excluding hydrogens is 376 g/mol. The lowest BCUT2D eigenvalue weighted by Gasteiger charge is -2.11. The summed E-state index contributed by atoms with van der Waals surface area (Å²) in [5, 5.41) is 2.92. The first-order chi connectivity index (χ1) is 14.5. The Hall–Kier alpha value is -3.60. The monoisotopic (exact) mass is 400 g/mol. The second-order valence-electron chi connectivity index (χ2n) is 7.60. The summed E-state index contributed by atoms with van der Waals surface area (Å²) in [7, 11) is 0. The zero-order valence-electron chi connectivity index (χ0n) is 17.3. The summed E-state index contributed by atoms with van der Waals surface area (Å²) in [5.41, 5.74) is 5.17. The summed E-state index contributed by atoms with van der Waals surface area (Å²) >= 11 is 0. The van der Waals surface area contributed by atoms with E-state index in [1.165, 1.54) is 0 Å². The highest BCUT2D eigenvalue weighted by Gasteiger charge is 2.10. The van der Waals surface area contributed by atoms with Gasteiger partial charge in [0.1, 0.15) is 11.3 Å². The minimum Gasteiger partial charge on any atom is -0.491 e. The Labute approximate surface area is 175 Å². The van der Waals surface area contributed by atoms with Gasteiger partial charge in [-0.3, -0.25) is 4.79 Å². The number of anilines is 1. The highest BCUT2D eigenvalue weighted by Crippen LogP contribution is 2.21. The summed E-state index contributed by atoms with van der Waals surface area (Å²) in [6.45, 7) is 5.95. The zero-order chi connectivity index (χ0) is 21.1. The van der Waals surface area contributed by atoms with Crippen molar-refractivity contribution in [3.63, 3.8) is 0 Å². The van der Waals surface area contributed by atoms with Crippen LogP contribution in [0, 0.1) is 6.92 Å². The average Bonchev–Trinajstić information content (AvgIpc) is 3.10. The number of carbonyl (C=O) groups is 1. The third kappa shape index (κ3) is 4.69. The molecule has 0 atom stereocenters. The molecule has 0 radical (unpaired) electrons. The summed E-state index contributed by atoms with van der Waals surface area (Å²) in [6, 6.07) is 20.9. The van der Waals surface area contributed by atoms with Crippen molar-refractivity contribution in [3.05, 3.63) is 89.3 Å². The minimum absolute atomic E-state index is 0.0566. The molecule has 0 aliphatic heterocycles. The lowest BCUT2D eigenvalue weighted by Crippen LogP contribution is -2.12. The molecule has 5 heteroatoms. The molecule has 1 heterocycles. The van der Waals surface area contributed by atoms with Gasteiger partial charge in [0, 0.05) is 17.7 Å². The number of carbonyl (C=O) groups excluding carboxylic acids is 1. The third-order valence-corrected chi connectivity index (χ3v) is 4.62. The van der Waals surface area contributed by atoms with Gasteiger partial charge in [0.15, 0.2) is 11.5 Å². The Morgan fingerprint density at radius 1 is 1.07 bits per heavy atom. The molecule has 152 valence electrons. The van der Waals surface area contributed by atoms with Crippen LogP contribution in [0.2, 0.25) is 0 Å². The second kappa shape index (κ2) is 8.41. The summed E-state index contributed by atoms with van der Waals surface area (Å²) in [6.07, 6.45) is 0.650. The number of hydrogen-bond donors (Lipinski definition) is 1. The molecule has 4 aromatic rings. The smallest absolute Gasteiger partial charge is 0.255 e. The number of oxazole rings is 1. The standard InChI is InChI=1S/C25H24N2O3/c1-16(2)29-21-6-4-5-19(15-21)25(28)26-20-10-8-18(9-11-20)14-24-27-22-13-17(3)7-12-23(22)30-24/h4-13,15-16H,14H2,1-3H3,(H,26,28). The highest BCUT2D eigenvalue weighted by molar-refractivity contribution is 6.04. The van der Waals surface area contributed by atoms with Gasteiger partial charge in [0.05, 0.1) is 6.10 Å². The molecule has 3 aromatic carbocycles. The normalized spacial score (nSPS) is 11.1. The number of rotatable bonds is 6. The lowest BCUT2D eigenvalue weighted by molar-refractivity contribution is 0.102. The van der Waals surface area contributed by atoms with Gasteiger partial charge in [-0.1, -0.05) is 24.3 Å². The van der Waals surface area contributed by atoms with Crippen LogP contribution >= 0.6 is 0 Å². The number of hydrogen-bond acceptors (Lipinski definition) is 4. The van der Waals surface area contributed by atoms with Crippen molar-refractivity contribution >= 4 is 22.7 Å². The Bertz CT molecular complexity index is 1180. The largest absolute Gasteiger partial charge is 0.491 e. The fourth-order valence-electron chi connectivity index (χ4n) is 3.23. The SMILES string of the molecule is Cc1ccc2oc(Cc3ccc(NC(=O)c4cccc(OC(C)C)c4)cc3)nc2c1. The van der Waals surface area contributed by atoms with Crippen LogP contribution in [0.3, 0.4) is 0 Å². The average molecular weight is 400 g/mol. The molecule has 4 rings (SSSR count). The van der Waals surface area contributed by atoms with E-state index in [9.17, 15) is 4.79 Å². The van der Waals surface area contributed by atoms with Crippen LogP contribution in [-0.2, 0) is 6.42 Å². The molecule has 0 spiro atoms. The van der Waals surface area contributed by atoms with Gasteiger partial charge in [0.2, 0.25) is 0 Å². The molecule has 0 saturated carbocycles. The highest BCUT2D eigenvalue weighted by atomic mass is 16.5. The van der Waals surface area contributed by atoms with Crippen molar-refractivity contribution in [1.29, 1.82) is 0 Å². The minimum atomic E-state index is -0.175. The maximum atomic E-state index is 12.6. The first-order valence-corrected chi connectivity index (χ1v) is 9.99. The Morgan fingerprint density at radius 2 is 1.87 bits per heavy atom. The molecule has 0 saturated heterocycles. The Morgan fingerprint density at radius 3 is 2.63 bits per heavy atom. The van der Waals surface area contributed by atoms with E-state index in [4.69, 9.17) is 9.15 Å². The van der Waals surface area contributed by atoms with E-state index >= 15 is 0 Å². The van der Waals surface area contributed by atoms with Gasteiger partial charge in [-0.25, -0.2) is 4.98 Å². The molecule has 1 aromatic heterocycles. The fraction of sp³-hybridized carbons (Fsp3) is 0.200. The summed E-state index contributed by atoms with van der Waals surface area (Å²) in [4.78, 5) is 17.1. The number of nitrogens with one attached hydrogen (secondary N) is 1. The van der Waals surface area contributed by atoms with Crippen molar-refractivity contribution in [3.8, 4) is 5.75 Å². The van der Waals surface area contributed by atoms with Gasteiger partial charge in [-0.2, -0.15) is 0 Å². The number of fused-ring (bicyclic) bond motifs is 1. The number of ether oxygens (including phenoxy) is 1. The van der Waals surface area contributed by atoms with Gasteiger partial charge in [0.25, 0.3) is 5.91 Å². The van der Waals surface area contributed by atoms with Gasteiger partial charge in [-0.05, 0) is 74.4 Å².